The zero-order chi connectivity index (χ0) is 10.7. The number of hydrogen-bond donors (Lipinski definition) is 1. The maximum absolute atomic E-state index is 3.79. The van der Waals surface area contributed by atoms with E-state index in [1.807, 2.05) is 0 Å². The van der Waals surface area contributed by atoms with Crippen LogP contribution in [0.2, 0.25) is 0 Å². The minimum absolute atomic E-state index is 0.522. The van der Waals surface area contributed by atoms with E-state index < -0.39 is 0 Å². The SMILES string of the molecule is CCC1CCCC1NC(C)c1ccsc1. The summed E-state index contributed by atoms with van der Waals surface area (Å²) in [5.74, 6) is 0.908. The molecule has 1 N–H and O–H groups in total. The van der Waals surface area contributed by atoms with Gasteiger partial charge >= 0.3 is 0 Å². The molecule has 0 bridgehead atoms. The molecule has 0 amide bonds. The third kappa shape index (κ3) is 2.61. The molecule has 1 aliphatic rings. The van der Waals surface area contributed by atoms with Crippen LogP contribution in [0.4, 0.5) is 0 Å². The van der Waals surface area contributed by atoms with Crippen molar-refractivity contribution in [1.82, 2.24) is 5.32 Å². The van der Waals surface area contributed by atoms with Crippen LogP contribution in [0.25, 0.3) is 0 Å². The largest absolute Gasteiger partial charge is 0.307 e. The molecule has 84 valence electrons. The Morgan fingerprint density at radius 1 is 1.53 bits per heavy atom. The third-order valence-electron chi connectivity index (χ3n) is 3.69. The molecule has 3 atom stereocenters. The highest BCUT2D eigenvalue weighted by molar-refractivity contribution is 7.07. The van der Waals surface area contributed by atoms with Crippen LogP contribution in [-0.2, 0) is 0 Å². The van der Waals surface area contributed by atoms with Crippen LogP contribution in [0.3, 0.4) is 0 Å². The van der Waals surface area contributed by atoms with Gasteiger partial charge in [0.25, 0.3) is 0 Å². The Morgan fingerprint density at radius 3 is 3.07 bits per heavy atom. The molecular weight excluding hydrogens is 202 g/mol. The van der Waals surface area contributed by atoms with Gasteiger partial charge in [-0.25, -0.2) is 0 Å². The Balaban J connectivity index is 1.91. The molecule has 2 rings (SSSR count). The summed E-state index contributed by atoms with van der Waals surface area (Å²) < 4.78 is 0. The first-order valence-electron chi connectivity index (χ1n) is 6.09. The number of nitrogens with one attached hydrogen (secondary N) is 1. The van der Waals surface area contributed by atoms with Gasteiger partial charge < -0.3 is 5.32 Å². The fraction of sp³-hybridized carbons (Fsp3) is 0.692. The van der Waals surface area contributed by atoms with E-state index in [2.05, 4.69) is 36.0 Å². The van der Waals surface area contributed by atoms with Gasteiger partial charge in [0.05, 0.1) is 0 Å². The second-order valence-electron chi connectivity index (χ2n) is 4.65. The van der Waals surface area contributed by atoms with Crippen LogP contribution in [-0.4, -0.2) is 6.04 Å². The first kappa shape index (κ1) is 11.2. The molecule has 0 radical (unpaired) electrons. The highest BCUT2D eigenvalue weighted by Gasteiger charge is 2.26. The highest BCUT2D eigenvalue weighted by Crippen LogP contribution is 2.30. The zero-order valence-electron chi connectivity index (χ0n) is 9.70. The molecule has 0 aliphatic heterocycles. The molecule has 3 unspecified atom stereocenters. The van der Waals surface area contributed by atoms with E-state index in [1.165, 1.54) is 31.2 Å². The van der Waals surface area contributed by atoms with Crippen molar-refractivity contribution in [3.63, 3.8) is 0 Å². The summed E-state index contributed by atoms with van der Waals surface area (Å²) in [6, 6.07) is 3.51. The van der Waals surface area contributed by atoms with Crippen molar-refractivity contribution in [3.8, 4) is 0 Å². The lowest BCUT2D eigenvalue weighted by Gasteiger charge is -2.24. The van der Waals surface area contributed by atoms with Gasteiger partial charge in [-0.2, -0.15) is 11.3 Å². The molecule has 0 aromatic carbocycles. The lowest BCUT2D eigenvalue weighted by atomic mass is 9.99. The first-order chi connectivity index (χ1) is 7.31. The minimum Gasteiger partial charge on any atom is -0.307 e. The molecule has 2 heteroatoms. The van der Waals surface area contributed by atoms with Crippen LogP contribution in [0.15, 0.2) is 16.8 Å². The maximum atomic E-state index is 3.79. The average molecular weight is 223 g/mol. The van der Waals surface area contributed by atoms with Crippen molar-refractivity contribution in [3.05, 3.63) is 22.4 Å². The van der Waals surface area contributed by atoms with Gasteiger partial charge in [0, 0.05) is 12.1 Å². The van der Waals surface area contributed by atoms with Crippen molar-refractivity contribution in [2.75, 3.05) is 0 Å². The molecule has 0 saturated heterocycles. The third-order valence-corrected chi connectivity index (χ3v) is 4.39. The van der Waals surface area contributed by atoms with E-state index in [0.717, 1.165) is 12.0 Å². The van der Waals surface area contributed by atoms with Crippen LogP contribution in [0.1, 0.15) is 51.1 Å². The lowest BCUT2D eigenvalue weighted by molar-refractivity contribution is 0.360. The Bertz CT molecular complexity index is 281. The standard InChI is InChI=1S/C13H21NS/c1-3-11-5-4-6-13(11)14-10(2)12-7-8-15-9-12/h7-11,13-14H,3-6H2,1-2H3. The molecule has 1 aromatic heterocycles. The molecule has 1 heterocycles. The first-order valence-corrected chi connectivity index (χ1v) is 7.03. The van der Waals surface area contributed by atoms with Gasteiger partial charge in [-0.15, -0.1) is 0 Å². The second kappa shape index (κ2) is 5.13. The Kier molecular flexibility index (Phi) is 3.81. The molecule has 1 aromatic rings. The molecule has 1 saturated carbocycles. The van der Waals surface area contributed by atoms with Crippen LogP contribution < -0.4 is 5.32 Å². The van der Waals surface area contributed by atoms with Crippen molar-refractivity contribution < 1.29 is 0 Å². The summed E-state index contributed by atoms with van der Waals surface area (Å²) >= 11 is 1.79. The highest BCUT2D eigenvalue weighted by atomic mass is 32.1. The summed E-state index contributed by atoms with van der Waals surface area (Å²) in [5.41, 5.74) is 1.45. The summed E-state index contributed by atoms with van der Waals surface area (Å²) in [6.07, 6.45) is 5.53. The predicted octanol–water partition coefficient (Wildman–Crippen LogP) is 3.98. The van der Waals surface area contributed by atoms with Crippen molar-refractivity contribution >= 4 is 11.3 Å². The number of rotatable bonds is 4. The Labute approximate surface area is 96.9 Å². The van der Waals surface area contributed by atoms with Crippen molar-refractivity contribution in [2.45, 2.75) is 51.6 Å². The van der Waals surface area contributed by atoms with E-state index >= 15 is 0 Å². The van der Waals surface area contributed by atoms with Gasteiger partial charge in [-0.1, -0.05) is 19.8 Å². The second-order valence-corrected chi connectivity index (χ2v) is 5.43. The van der Waals surface area contributed by atoms with Crippen LogP contribution in [0.5, 0.6) is 0 Å². The summed E-state index contributed by atoms with van der Waals surface area (Å²) in [5, 5.41) is 8.21. The zero-order valence-corrected chi connectivity index (χ0v) is 10.5. The lowest BCUT2D eigenvalue weighted by Crippen LogP contribution is -2.34. The fourth-order valence-corrected chi connectivity index (χ4v) is 3.44. The van der Waals surface area contributed by atoms with Gasteiger partial charge in [0.15, 0.2) is 0 Å². The quantitative estimate of drug-likeness (QED) is 0.814. The topological polar surface area (TPSA) is 12.0 Å². The van der Waals surface area contributed by atoms with Gasteiger partial charge in [-0.3, -0.25) is 0 Å². The maximum Gasteiger partial charge on any atom is 0.0302 e. The van der Waals surface area contributed by atoms with E-state index in [4.69, 9.17) is 0 Å². The number of thiophene rings is 1. The van der Waals surface area contributed by atoms with E-state index in [-0.39, 0.29) is 0 Å². The molecule has 1 fully saturated rings. The van der Waals surface area contributed by atoms with E-state index in [1.54, 1.807) is 11.3 Å². The van der Waals surface area contributed by atoms with Crippen LogP contribution in [0, 0.1) is 5.92 Å². The number of hydrogen-bond acceptors (Lipinski definition) is 2. The Hall–Kier alpha value is -0.340. The fourth-order valence-electron chi connectivity index (χ4n) is 2.68. The van der Waals surface area contributed by atoms with Crippen molar-refractivity contribution in [2.24, 2.45) is 5.92 Å². The normalized spacial score (nSPS) is 28.1. The van der Waals surface area contributed by atoms with E-state index in [9.17, 15) is 0 Å². The smallest absolute Gasteiger partial charge is 0.0302 e. The average Bonchev–Trinajstić information content (AvgIpc) is 2.87. The Morgan fingerprint density at radius 2 is 2.40 bits per heavy atom. The molecule has 1 aliphatic carbocycles. The van der Waals surface area contributed by atoms with Crippen molar-refractivity contribution in [1.29, 1.82) is 0 Å². The molecular formula is C13H21NS. The van der Waals surface area contributed by atoms with Crippen LogP contribution >= 0.6 is 11.3 Å². The molecule has 1 nitrogen and oxygen atoms in total. The van der Waals surface area contributed by atoms with Gasteiger partial charge in [-0.05, 0) is 48.1 Å². The summed E-state index contributed by atoms with van der Waals surface area (Å²) in [6.45, 7) is 4.60. The molecule has 15 heavy (non-hydrogen) atoms. The van der Waals surface area contributed by atoms with Gasteiger partial charge in [0.1, 0.15) is 0 Å². The summed E-state index contributed by atoms with van der Waals surface area (Å²) in [7, 11) is 0. The monoisotopic (exact) mass is 223 g/mol. The summed E-state index contributed by atoms with van der Waals surface area (Å²) in [4.78, 5) is 0. The minimum atomic E-state index is 0.522. The predicted molar refractivity (Wildman–Crippen MR) is 67.3 cm³/mol. The van der Waals surface area contributed by atoms with Gasteiger partial charge in [0.2, 0.25) is 0 Å². The molecule has 0 spiro atoms. The van der Waals surface area contributed by atoms with E-state index in [0.29, 0.717) is 6.04 Å².